The molecule has 106 valence electrons. The van der Waals surface area contributed by atoms with Crippen LogP contribution in [0.15, 0.2) is 29.4 Å². The van der Waals surface area contributed by atoms with Crippen LogP contribution >= 0.6 is 0 Å². The van der Waals surface area contributed by atoms with E-state index in [0.717, 1.165) is 0 Å². The van der Waals surface area contributed by atoms with Gasteiger partial charge in [-0.05, 0) is 6.07 Å². The van der Waals surface area contributed by atoms with Gasteiger partial charge in [-0.3, -0.25) is 4.79 Å². The molecule has 0 aromatic carbocycles. The first-order valence-electron chi connectivity index (χ1n) is 6.49. The number of nitrogens with zero attached hydrogens (tertiary/aromatic N) is 3. The van der Waals surface area contributed by atoms with E-state index in [-0.39, 0.29) is 5.91 Å². The van der Waals surface area contributed by atoms with E-state index in [1.165, 1.54) is 6.39 Å². The van der Waals surface area contributed by atoms with Crippen molar-refractivity contribution in [3.63, 3.8) is 0 Å². The van der Waals surface area contributed by atoms with E-state index in [2.05, 4.69) is 15.5 Å². The van der Waals surface area contributed by atoms with Crippen LogP contribution in [0, 0.1) is 0 Å². The van der Waals surface area contributed by atoms with Crippen molar-refractivity contribution in [1.29, 1.82) is 0 Å². The average molecular weight is 276 g/mol. The Bertz CT molecular complexity index is 585. The average Bonchev–Trinajstić information content (AvgIpc) is 3.11. The molecule has 0 atom stereocenters. The van der Waals surface area contributed by atoms with E-state index in [4.69, 9.17) is 9.26 Å². The molecule has 2 aromatic rings. The summed E-state index contributed by atoms with van der Waals surface area (Å²) in [6.45, 7) is 1.12. The van der Waals surface area contributed by atoms with Crippen molar-refractivity contribution < 1.29 is 14.1 Å². The van der Waals surface area contributed by atoms with Crippen LogP contribution in [-0.2, 0) is 17.3 Å². The first-order valence-corrected chi connectivity index (χ1v) is 6.49. The van der Waals surface area contributed by atoms with Gasteiger partial charge in [0.25, 0.3) is 5.91 Å². The van der Waals surface area contributed by atoms with Gasteiger partial charge in [0.05, 0.1) is 5.56 Å². The molecule has 0 spiro atoms. The van der Waals surface area contributed by atoms with Gasteiger partial charge in [0, 0.05) is 45.5 Å². The van der Waals surface area contributed by atoms with Crippen LogP contribution in [0.3, 0.4) is 0 Å². The minimum Gasteiger partial charge on any atom is -0.381 e. The molecule has 3 heterocycles. The summed E-state index contributed by atoms with van der Waals surface area (Å²) in [5.74, 6) is 0.363. The molecule has 0 aliphatic carbocycles. The van der Waals surface area contributed by atoms with Gasteiger partial charge in [0.15, 0.2) is 5.82 Å². The second kappa shape index (κ2) is 5.09. The first kappa shape index (κ1) is 12.9. The molecule has 0 saturated carbocycles. The van der Waals surface area contributed by atoms with Crippen molar-refractivity contribution in [1.82, 2.24) is 20.0 Å². The third-order valence-electron chi connectivity index (χ3n) is 3.58. The number of nitrogens with one attached hydrogen (secondary N) is 1. The number of rotatable bonds is 3. The highest BCUT2D eigenvalue weighted by Gasteiger charge is 2.40. The number of hydrogen-bond acceptors (Lipinski definition) is 5. The maximum atomic E-state index is 12.4. The van der Waals surface area contributed by atoms with E-state index < -0.39 is 5.54 Å². The third kappa shape index (κ3) is 2.32. The van der Waals surface area contributed by atoms with Crippen LogP contribution in [0.2, 0.25) is 0 Å². The molecule has 1 amide bonds. The Labute approximate surface area is 115 Å². The summed E-state index contributed by atoms with van der Waals surface area (Å²) < 4.78 is 12.0. The predicted octanol–water partition coefficient (Wildman–Crippen LogP) is 0.844. The molecule has 1 fully saturated rings. The highest BCUT2D eigenvalue weighted by Crippen LogP contribution is 2.30. The van der Waals surface area contributed by atoms with Crippen molar-refractivity contribution in [3.05, 3.63) is 36.2 Å². The fourth-order valence-corrected chi connectivity index (χ4v) is 2.43. The molecule has 7 nitrogen and oxygen atoms in total. The summed E-state index contributed by atoms with van der Waals surface area (Å²) in [7, 11) is 1.88. The summed E-state index contributed by atoms with van der Waals surface area (Å²) in [6, 6.07) is 1.78. The van der Waals surface area contributed by atoms with E-state index in [0.29, 0.717) is 37.4 Å². The lowest BCUT2D eigenvalue weighted by atomic mass is 9.89. The molecule has 3 rings (SSSR count). The Kier molecular flexibility index (Phi) is 3.27. The Morgan fingerprint density at radius 1 is 1.45 bits per heavy atom. The molecular formula is C13H16N4O3. The van der Waals surface area contributed by atoms with Crippen LogP contribution in [0.1, 0.15) is 29.0 Å². The summed E-state index contributed by atoms with van der Waals surface area (Å²) in [5, 5.41) is 6.95. The number of amides is 1. The molecule has 1 N–H and O–H groups in total. The summed E-state index contributed by atoms with van der Waals surface area (Å²) >= 11 is 0. The summed E-state index contributed by atoms with van der Waals surface area (Å²) in [5.41, 5.74) is -0.0000869. The monoisotopic (exact) mass is 276 g/mol. The van der Waals surface area contributed by atoms with Crippen molar-refractivity contribution >= 4 is 5.91 Å². The minimum atomic E-state index is -0.613. The Balaban J connectivity index is 1.85. The Morgan fingerprint density at radius 2 is 2.25 bits per heavy atom. The fraction of sp³-hybridized carbons (Fsp3) is 0.462. The van der Waals surface area contributed by atoms with Gasteiger partial charge in [0.1, 0.15) is 5.54 Å². The maximum Gasteiger partial charge on any atom is 0.253 e. The van der Waals surface area contributed by atoms with E-state index >= 15 is 0 Å². The molecule has 2 aromatic heterocycles. The second-order valence-corrected chi connectivity index (χ2v) is 4.97. The summed E-state index contributed by atoms with van der Waals surface area (Å²) in [6.07, 6.45) is 6.15. The highest BCUT2D eigenvalue weighted by molar-refractivity contribution is 5.94. The van der Waals surface area contributed by atoms with Gasteiger partial charge in [0.2, 0.25) is 6.39 Å². The van der Waals surface area contributed by atoms with Crippen molar-refractivity contribution in [2.24, 2.45) is 7.05 Å². The van der Waals surface area contributed by atoms with E-state index in [1.54, 1.807) is 12.3 Å². The highest BCUT2D eigenvalue weighted by atomic mass is 16.5. The van der Waals surface area contributed by atoms with Crippen LogP contribution in [-0.4, -0.2) is 33.8 Å². The number of aryl methyl sites for hydroxylation is 1. The number of ether oxygens (including phenoxy) is 1. The first-order chi connectivity index (χ1) is 9.70. The van der Waals surface area contributed by atoms with Crippen molar-refractivity contribution in [2.45, 2.75) is 18.4 Å². The normalized spacial score (nSPS) is 17.9. The zero-order valence-corrected chi connectivity index (χ0v) is 11.2. The number of carbonyl (C=O) groups is 1. The molecule has 0 unspecified atom stereocenters. The van der Waals surface area contributed by atoms with Gasteiger partial charge in [-0.15, -0.1) is 0 Å². The van der Waals surface area contributed by atoms with Gasteiger partial charge in [-0.25, -0.2) is 0 Å². The molecule has 0 bridgehead atoms. The second-order valence-electron chi connectivity index (χ2n) is 4.97. The Morgan fingerprint density at radius 3 is 2.85 bits per heavy atom. The summed E-state index contributed by atoms with van der Waals surface area (Å²) in [4.78, 5) is 16.5. The van der Waals surface area contributed by atoms with Crippen molar-refractivity contribution in [3.8, 4) is 0 Å². The third-order valence-corrected chi connectivity index (χ3v) is 3.58. The number of carbonyl (C=O) groups excluding carboxylic acids is 1. The molecule has 1 aliphatic rings. The maximum absolute atomic E-state index is 12.4. The van der Waals surface area contributed by atoms with Crippen LogP contribution < -0.4 is 5.32 Å². The van der Waals surface area contributed by atoms with Crippen LogP contribution in [0.5, 0.6) is 0 Å². The minimum absolute atomic E-state index is 0.141. The van der Waals surface area contributed by atoms with Crippen LogP contribution in [0.25, 0.3) is 0 Å². The molecule has 1 saturated heterocycles. The molecular weight excluding hydrogens is 260 g/mol. The smallest absolute Gasteiger partial charge is 0.253 e. The van der Waals surface area contributed by atoms with Crippen molar-refractivity contribution in [2.75, 3.05) is 13.2 Å². The largest absolute Gasteiger partial charge is 0.381 e. The fourth-order valence-electron chi connectivity index (χ4n) is 2.43. The predicted molar refractivity (Wildman–Crippen MR) is 68.9 cm³/mol. The van der Waals surface area contributed by atoms with Crippen LogP contribution in [0.4, 0.5) is 0 Å². The lowest BCUT2D eigenvalue weighted by molar-refractivity contribution is 0.0306. The number of aromatic nitrogens is 3. The standard InChI is InChI=1S/C13H16N4O3/c1-17-5-2-10(8-17)11(18)15-13(3-6-19-7-4-13)12-14-9-20-16-12/h2,5,8-9H,3-4,6-7H2,1H3,(H,15,18). The lowest BCUT2D eigenvalue weighted by Crippen LogP contribution is -2.50. The molecule has 0 radical (unpaired) electrons. The zero-order chi connectivity index (χ0) is 14.0. The SMILES string of the molecule is Cn1ccc(C(=O)NC2(c3ncon3)CCOCC2)c1. The van der Waals surface area contributed by atoms with Gasteiger partial charge in [-0.2, -0.15) is 4.98 Å². The molecule has 7 heteroatoms. The molecule has 1 aliphatic heterocycles. The quantitative estimate of drug-likeness (QED) is 0.898. The Hall–Kier alpha value is -2.15. The van der Waals surface area contributed by atoms with E-state index in [9.17, 15) is 4.79 Å². The zero-order valence-electron chi connectivity index (χ0n) is 11.2. The number of hydrogen-bond donors (Lipinski definition) is 1. The van der Waals surface area contributed by atoms with Gasteiger partial charge < -0.3 is 19.1 Å². The lowest BCUT2D eigenvalue weighted by Gasteiger charge is -2.35. The van der Waals surface area contributed by atoms with Gasteiger partial charge in [-0.1, -0.05) is 5.16 Å². The van der Waals surface area contributed by atoms with Gasteiger partial charge >= 0.3 is 0 Å². The van der Waals surface area contributed by atoms with E-state index in [1.807, 2.05) is 17.8 Å². The topological polar surface area (TPSA) is 82.2 Å². The molecule has 20 heavy (non-hydrogen) atoms.